The molecule has 0 radical (unpaired) electrons. The van der Waals surface area contributed by atoms with Crippen LogP contribution in [0.15, 0.2) is 35.6 Å². The summed E-state index contributed by atoms with van der Waals surface area (Å²) in [4.78, 5) is 34.7. The van der Waals surface area contributed by atoms with Crippen LogP contribution in [0.3, 0.4) is 0 Å². The highest BCUT2D eigenvalue weighted by atomic mass is 32.1. The molecule has 3 aliphatic rings. The van der Waals surface area contributed by atoms with Gasteiger partial charge < -0.3 is 4.74 Å². The van der Waals surface area contributed by atoms with Crippen molar-refractivity contribution in [3.8, 4) is 0 Å². The molecule has 0 bridgehead atoms. The molecule has 0 saturated heterocycles. The molecule has 5 nitrogen and oxygen atoms in total. The van der Waals surface area contributed by atoms with Crippen LogP contribution in [0.5, 0.6) is 0 Å². The van der Waals surface area contributed by atoms with Crippen LogP contribution in [0.1, 0.15) is 53.9 Å². The highest BCUT2D eigenvalue weighted by Gasteiger charge is 2.53. The summed E-state index contributed by atoms with van der Waals surface area (Å²) in [6.45, 7) is 8.17. The Morgan fingerprint density at radius 2 is 1.83 bits per heavy atom. The zero-order chi connectivity index (χ0) is 21.2. The van der Waals surface area contributed by atoms with Gasteiger partial charge in [-0.25, -0.2) is 4.98 Å². The molecule has 2 aliphatic heterocycles. The van der Waals surface area contributed by atoms with Gasteiger partial charge in [0.05, 0.1) is 23.2 Å². The van der Waals surface area contributed by atoms with E-state index >= 15 is 0 Å². The second-order valence-corrected chi connectivity index (χ2v) is 10.1. The van der Waals surface area contributed by atoms with Crippen LogP contribution < -0.4 is 4.90 Å². The SMILES string of the molecule is Cc1ccc(C2C3=C(OC4CCC(C)CC4C3=O)C(=O)N2c2nc(C)c(C)s2)cc1. The lowest BCUT2D eigenvalue weighted by atomic mass is 9.74. The van der Waals surface area contributed by atoms with Crippen LogP contribution in [0, 0.1) is 32.6 Å². The number of ketones is 1. The van der Waals surface area contributed by atoms with Crippen molar-refractivity contribution >= 4 is 28.2 Å². The summed E-state index contributed by atoms with van der Waals surface area (Å²) >= 11 is 1.49. The van der Waals surface area contributed by atoms with Gasteiger partial charge in [0, 0.05) is 4.88 Å². The number of nitrogens with zero attached hydrogens (tertiary/aromatic N) is 2. The number of carbonyl (C=O) groups is 2. The van der Waals surface area contributed by atoms with Crippen molar-refractivity contribution < 1.29 is 14.3 Å². The number of carbonyl (C=O) groups excluding carboxylic acids is 2. The van der Waals surface area contributed by atoms with Gasteiger partial charge in [-0.3, -0.25) is 14.5 Å². The number of ether oxygens (including phenoxy) is 1. The Labute approximate surface area is 180 Å². The molecule has 1 aliphatic carbocycles. The Balaban J connectivity index is 1.65. The van der Waals surface area contributed by atoms with Gasteiger partial charge >= 0.3 is 0 Å². The molecule has 0 spiro atoms. The van der Waals surface area contributed by atoms with Crippen molar-refractivity contribution in [1.29, 1.82) is 0 Å². The van der Waals surface area contributed by atoms with E-state index in [1.54, 1.807) is 4.90 Å². The molecule has 4 atom stereocenters. The van der Waals surface area contributed by atoms with E-state index in [0.29, 0.717) is 16.6 Å². The van der Waals surface area contributed by atoms with Crippen LogP contribution >= 0.6 is 11.3 Å². The van der Waals surface area contributed by atoms with Crippen LogP contribution in [0.4, 0.5) is 5.13 Å². The number of benzene rings is 1. The quantitative estimate of drug-likeness (QED) is 0.697. The predicted molar refractivity (Wildman–Crippen MR) is 116 cm³/mol. The highest BCUT2D eigenvalue weighted by Crippen LogP contribution is 2.49. The van der Waals surface area contributed by atoms with Crippen LogP contribution in [-0.4, -0.2) is 22.8 Å². The monoisotopic (exact) mass is 422 g/mol. The first kappa shape index (κ1) is 19.5. The zero-order valence-corrected chi connectivity index (χ0v) is 18.6. The summed E-state index contributed by atoms with van der Waals surface area (Å²) in [7, 11) is 0. The number of amides is 1. The molecule has 1 fully saturated rings. The molecule has 3 heterocycles. The van der Waals surface area contributed by atoms with Gasteiger partial charge in [-0.1, -0.05) is 36.8 Å². The minimum atomic E-state index is -0.483. The third-order valence-corrected chi connectivity index (χ3v) is 7.80. The first-order valence-corrected chi connectivity index (χ1v) is 11.5. The highest BCUT2D eigenvalue weighted by molar-refractivity contribution is 7.15. The number of rotatable bonds is 2. The lowest BCUT2D eigenvalue weighted by Crippen LogP contribution is -2.41. The fourth-order valence-corrected chi connectivity index (χ4v) is 5.83. The lowest BCUT2D eigenvalue weighted by molar-refractivity contribution is -0.132. The van der Waals surface area contributed by atoms with Crippen LogP contribution in [0.2, 0.25) is 0 Å². The molecule has 156 valence electrons. The minimum absolute atomic E-state index is 0.0826. The molecule has 6 heteroatoms. The Kier molecular flexibility index (Phi) is 4.58. The van der Waals surface area contributed by atoms with Crippen molar-refractivity contribution in [3.63, 3.8) is 0 Å². The van der Waals surface area contributed by atoms with Gasteiger partial charge in [-0.2, -0.15) is 0 Å². The summed E-state index contributed by atoms with van der Waals surface area (Å²) in [5.74, 6) is 0.421. The molecule has 1 aromatic carbocycles. The van der Waals surface area contributed by atoms with Gasteiger partial charge in [0.15, 0.2) is 16.7 Å². The topological polar surface area (TPSA) is 59.5 Å². The van der Waals surface area contributed by atoms with Crippen molar-refractivity contribution in [1.82, 2.24) is 4.98 Å². The van der Waals surface area contributed by atoms with Gasteiger partial charge in [0.25, 0.3) is 5.91 Å². The van der Waals surface area contributed by atoms with Gasteiger partial charge in [-0.05, 0) is 51.5 Å². The molecule has 1 aromatic heterocycles. The maximum absolute atomic E-state index is 13.7. The molecule has 0 N–H and O–H groups in total. The van der Waals surface area contributed by atoms with E-state index in [1.165, 1.54) is 11.3 Å². The van der Waals surface area contributed by atoms with Gasteiger partial charge in [-0.15, -0.1) is 11.3 Å². The maximum atomic E-state index is 13.7. The number of hydrogen-bond donors (Lipinski definition) is 0. The number of aromatic nitrogens is 1. The van der Waals surface area contributed by atoms with E-state index in [2.05, 4.69) is 11.9 Å². The van der Waals surface area contributed by atoms with Crippen LogP contribution in [-0.2, 0) is 14.3 Å². The average molecular weight is 423 g/mol. The summed E-state index contributed by atoms with van der Waals surface area (Å²) in [6, 6.07) is 7.57. The molecule has 30 heavy (non-hydrogen) atoms. The van der Waals surface area contributed by atoms with Crippen LogP contribution in [0.25, 0.3) is 0 Å². The molecular weight excluding hydrogens is 396 g/mol. The van der Waals surface area contributed by atoms with Crippen molar-refractivity contribution in [2.45, 2.75) is 59.1 Å². The number of Topliss-reactive ketones (excluding diaryl/α,β-unsaturated/α-hetero) is 1. The third kappa shape index (κ3) is 2.92. The first-order valence-electron chi connectivity index (χ1n) is 10.6. The summed E-state index contributed by atoms with van der Waals surface area (Å²) in [5.41, 5.74) is 3.48. The van der Waals surface area contributed by atoms with E-state index in [9.17, 15) is 9.59 Å². The number of aryl methyl sites for hydroxylation is 3. The largest absolute Gasteiger partial charge is 0.483 e. The fraction of sp³-hybridized carbons (Fsp3) is 0.458. The van der Waals surface area contributed by atoms with E-state index in [4.69, 9.17) is 4.74 Å². The summed E-state index contributed by atoms with van der Waals surface area (Å²) in [5, 5.41) is 0.628. The Hall–Kier alpha value is -2.47. The van der Waals surface area contributed by atoms with E-state index in [1.807, 2.05) is 45.0 Å². The summed E-state index contributed by atoms with van der Waals surface area (Å²) in [6.07, 6.45) is 2.49. The minimum Gasteiger partial charge on any atom is -0.483 e. The van der Waals surface area contributed by atoms with E-state index in [0.717, 1.165) is 41.0 Å². The Morgan fingerprint density at radius 3 is 2.50 bits per heavy atom. The molecule has 1 saturated carbocycles. The second kappa shape index (κ2) is 7.05. The summed E-state index contributed by atoms with van der Waals surface area (Å²) < 4.78 is 6.25. The maximum Gasteiger partial charge on any atom is 0.296 e. The second-order valence-electron chi connectivity index (χ2n) is 8.91. The van der Waals surface area contributed by atoms with Gasteiger partial charge in [0.1, 0.15) is 6.10 Å². The Morgan fingerprint density at radius 1 is 1.10 bits per heavy atom. The normalized spacial score (nSPS) is 28.5. The zero-order valence-electron chi connectivity index (χ0n) is 17.8. The van der Waals surface area contributed by atoms with Crippen molar-refractivity contribution in [2.24, 2.45) is 11.8 Å². The molecule has 1 amide bonds. The number of anilines is 1. The van der Waals surface area contributed by atoms with Crippen molar-refractivity contribution in [3.05, 3.63) is 57.3 Å². The Bertz CT molecular complexity index is 1050. The van der Waals surface area contributed by atoms with Gasteiger partial charge in [0.2, 0.25) is 0 Å². The molecule has 2 aromatic rings. The number of fused-ring (bicyclic) bond motifs is 1. The number of hydrogen-bond acceptors (Lipinski definition) is 5. The standard InChI is InChI=1S/C24H26N2O3S/c1-12-5-8-16(9-6-12)20-19-21(27)17-11-13(2)7-10-18(17)29-22(19)23(28)26(20)24-25-14(3)15(4)30-24/h5-6,8-9,13,17-18,20H,7,10-11H2,1-4H3. The third-order valence-electron chi connectivity index (χ3n) is 6.73. The smallest absolute Gasteiger partial charge is 0.296 e. The molecule has 5 rings (SSSR count). The lowest BCUT2D eigenvalue weighted by Gasteiger charge is -2.37. The first-order chi connectivity index (χ1) is 14.3. The predicted octanol–water partition coefficient (Wildman–Crippen LogP) is 4.81. The molecular formula is C24H26N2O3S. The molecule has 4 unspecified atom stereocenters. The van der Waals surface area contributed by atoms with E-state index in [-0.39, 0.29) is 29.5 Å². The van der Waals surface area contributed by atoms with E-state index < -0.39 is 6.04 Å². The average Bonchev–Trinajstić information content (AvgIpc) is 3.20. The van der Waals surface area contributed by atoms with Crippen molar-refractivity contribution in [2.75, 3.05) is 4.90 Å². The fourth-order valence-electron chi connectivity index (χ4n) is 4.90. The number of thiazole rings is 1.